The van der Waals surface area contributed by atoms with Gasteiger partial charge in [-0.3, -0.25) is 4.57 Å². The molecular formula is C10H18BO6P. The molecular weight excluding hydrogens is 258 g/mol. The smallest absolute Gasteiger partial charge is 0.348 e. The second-order valence-electron chi connectivity index (χ2n) is 4.38. The fourth-order valence-corrected chi connectivity index (χ4v) is 2.13. The van der Waals surface area contributed by atoms with Gasteiger partial charge < -0.3 is 24.0 Å². The van der Waals surface area contributed by atoms with Crippen LogP contribution in [0.1, 0.15) is 13.3 Å². The van der Waals surface area contributed by atoms with Gasteiger partial charge in [0.25, 0.3) is 0 Å². The van der Waals surface area contributed by atoms with Gasteiger partial charge in [0.2, 0.25) is 0 Å². The van der Waals surface area contributed by atoms with Gasteiger partial charge in [-0.1, -0.05) is 0 Å². The molecule has 102 valence electrons. The minimum absolute atomic E-state index is 0.388. The Morgan fingerprint density at radius 2 is 2.22 bits per heavy atom. The predicted molar refractivity (Wildman–Crippen MR) is 66.4 cm³/mol. The summed E-state index contributed by atoms with van der Waals surface area (Å²) in [5, 5.41) is 0. The molecule has 1 aliphatic rings. The molecule has 2 N–H and O–H groups in total. The van der Waals surface area contributed by atoms with E-state index in [4.69, 9.17) is 31.8 Å². The minimum atomic E-state index is -4.17. The van der Waals surface area contributed by atoms with Crippen molar-refractivity contribution in [3.8, 4) is 0 Å². The molecule has 6 nitrogen and oxygen atoms in total. The number of hydrogen-bond acceptors (Lipinski definition) is 4. The van der Waals surface area contributed by atoms with Gasteiger partial charge in [-0.15, -0.1) is 0 Å². The highest BCUT2D eigenvalue weighted by Crippen LogP contribution is 2.38. The Bertz CT molecular complexity index is 343. The predicted octanol–water partition coefficient (Wildman–Crippen LogP) is 0.383. The van der Waals surface area contributed by atoms with E-state index >= 15 is 0 Å². The molecule has 0 spiro atoms. The molecule has 0 aromatic heterocycles. The number of hydrogen-bond donors (Lipinski definition) is 2. The van der Waals surface area contributed by atoms with Crippen molar-refractivity contribution in [3.63, 3.8) is 0 Å². The first-order valence-corrected chi connectivity index (χ1v) is 7.23. The highest BCUT2D eigenvalue weighted by molar-refractivity contribution is 7.55. The van der Waals surface area contributed by atoms with Crippen molar-refractivity contribution in [2.45, 2.75) is 31.1 Å². The Kier molecular flexibility index (Phi) is 5.58. The SMILES string of the molecule is [B][C@@H]1O[C@H](/C=C/P(=O)(O)O)C[C@@]1(C)OCCOC. The lowest BCUT2D eigenvalue weighted by Crippen LogP contribution is -2.39. The Morgan fingerprint density at radius 3 is 2.78 bits per heavy atom. The summed E-state index contributed by atoms with van der Waals surface area (Å²) in [5.41, 5.74) is -0.678. The number of rotatable bonds is 6. The fraction of sp³-hybridized carbons (Fsp3) is 0.800. The molecule has 1 aliphatic heterocycles. The zero-order chi connectivity index (χ0) is 13.8. The average Bonchev–Trinajstić information content (AvgIpc) is 2.52. The topological polar surface area (TPSA) is 85.2 Å². The molecule has 0 aromatic carbocycles. The molecule has 3 atom stereocenters. The molecule has 1 heterocycles. The largest absolute Gasteiger partial charge is 0.382 e. The van der Waals surface area contributed by atoms with E-state index in [0.717, 1.165) is 5.82 Å². The standard InChI is InChI=1S/C10H18BO6P/c1-10(16-5-4-15-2)7-8(17-9(10)11)3-6-18(12,13)14/h3,6,8-9H,4-5,7H2,1-2H3,(H2,12,13,14)/b6-3+/t8-,9-,10-/m1/s1. The summed E-state index contributed by atoms with van der Waals surface area (Å²) in [4.78, 5) is 17.5. The molecule has 0 bridgehead atoms. The monoisotopic (exact) mass is 276 g/mol. The van der Waals surface area contributed by atoms with Gasteiger partial charge in [0.15, 0.2) is 0 Å². The summed E-state index contributed by atoms with van der Waals surface area (Å²) in [6.07, 6.45) is 1.31. The Labute approximate surface area is 108 Å². The Balaban J connectivity index is 2.55. The van der Waals surface area contributed by atoms with E-state index in [2.05, 4.69) is 0 Å². The highest BCUT2D eigenvalue weighted by atomic mass is 31.2. The van der Waals surface area contributed by atoms with E-state index in [1.165, 1.54) is 6.08 Å². The molecule has 1 rings (SSSR count). The molecule has 8 heteroatoms. The van der Waals surface area contributed by atoms with Crippen LogP contribution >= 0.6 is 7.60 Å². The third-order valence-corrected chi connectivity index (χ3v) is 3.30. The van der Waals surface area contributed by atoms with Crippen LogP contribution in [-0.2, 0) is 18.8 Å². The van der Waals surface area contributed by atoms with Gasteiger partial charge in [0.1, 0.15) is 7.85 Å². The van der Waals surface area contributed by atoms with Crippen molar-refractivity contribution in [2.24, 2.45) is 0 Å². The highest BCUT2D eigenvalue weighted by Gasteiger charge is 2.42. The van der Waals surface area contributed by atoms with Gasteiger partial charge in [-0.2, -0.15) is 0 Å². The molecule has 1 fully saturated rings. The van der Waals surface area contributed by atoms with Crippen LogP contribution in [0.4, 0.5) is 0 Å². The molecule has 2 radical (unpaired) electrons. The summed E-state index contributed by atoms with van der Waals surface area (Å²) in [6, 6.07) is -0.638. The average molecular weight is 276 g/mol. The van der Waals surface area contributed by atoms with E-state index in [-0.39, 0.29) is 0 Å². The maximum Gasteiger partial charge on any atom is 0.348 e. The van der Waals surface area contributed by atoms with E-state index in [1.54, 1.807) is 14.0 Å². The minimum Gasteiger partial charge on any atom is -0.382 e. The number of methoxy groups -OCH3 is 1. The van der Waals surface area contributed by atoms with Crippen LogP contribution in [0.3, 0.4) is 0 Å². The van der Waals surface area contributed by atoms with Gasteiger partial charge in [0, 0.05) is 25.4 Å². The van der Waals surface area contributed by atoms with Crippen molar-refractivity contribution in [1.82, 2.24) is 0 Å². The first-order valence-electron chi connectivity index (χ1n) is 5.55. The normalized spacial score (nSPS) is 33.3. The van der Waals surface area contributed by atoms with Crippen LogP contribution in [0.15, 0.2) is 11.9 Å². The summed E-state index contributed by atoms with van der Waals surface area (Å²) < 4.78 is 26.6. The van der Waals surface area contributed by atoms with E-state index in [9.17, 15) is 4.57 Å². The van der Waals surface area contributed by atoms with Crippen LogP contribution < -0.4 is 0 Å². The van der Waals surface area contributed by atoms with Crippen molar-refractivity contribution in [1.29, 1.82) is 0 Å². The van der Waals surface area contributed by atoms with Crippen LogP contribution in [-0.4, -0.2) is 55.7 Å². The molecule has 0 aromatic rings. The van der Waals surface area contributed by atoms with Crippen molar-refractivity contribution >= 4 is 15.4 Å². The van der Waals surface area contributed by atoms with Gasteiger partial charge in [0.05, 0.1) is 24.9 Å². The molecule has 0 amide bonds. The van der Waals surface area contributed by atoms with Gasteiger partial charge in [-0.25, -0.2) is 0 Å². The number of ether oxygens (including phenoxy) is 3. The Morgan fingerprint density at radius 1 is 1.56 bits per heavy atom. The van der Waals surface area contributed by atoms with Crippen LogP contribution in [0.5, 0.6) is 0 Å². The first kappa shape index (κ1) is 15.9. The van der Waals surface area contributed by atoms with Gasteiger partial charge >= 0.3 is 7.60 Å². The molecule has 18 heavy (non-hydrogen) atoms. The zero-order valence-corrected chi connectivity index (χ0v) is 11.4. The lowest BCUT2D eigenvalue weighted by molar-refractivity contribution is -0.0668. The lowest BCUT2D eigenvalue weighted by atomic mass is 9.83. The van der Waals surface area contributed by atoms with E-state index in [0.29, 0.717) is 19.6 Å². The first-order chi connectivity index (χ1) is 8.27. The second-order valence-corrected chi connectivity index (χ2v) is 5.86. The van der Waals surface area contributed by atoms with E-state index < -0.39 is 25.3 Å². The van der Waals surface area contributed by atoms with E-state index in [1.807, 2.05) is 0 Å². The maximum absolute atomic E-state index is 10.7. The van der Waals surface area contributed by atoms with Crippen molar-refractivity contribution < 1.29 is 28.6 Å². The Hall–Kier alpha value is -0.165. The lowest BCUT2D eigenvalue weighted by Gasteiger charge is -2.28. The quantitative estimate of drug-likeness (QED) is 0.414. The third-order valence-electron chi connectivity index (χ3n) is 2.74. The molecule has 0 aliphatic carbocycles. The fourth-order valence-electron chi connectivity index (χ4n) is 1.72. The molecule has 1 saturated heterocycles. The summed E-state index contributed by atoms with van der Waals surface area (Å²) in [5.74, 6) is 0.825. The van der Waals surface area contributed by atoms with Crippen LogP contribution in [0, 0.1) is 0 Å². The van der Waals surface area contributed by atoms with Crippen molar-refractivity contribution in [3.05, 3.63) is 11.9 Å². The van der Waals surface area contributed by atoms with Crippen LogP contribution in [0.2, 0.25) is 0 Å². The maximum atomic E-state index is 10.7. The van der Waals surface area contributed by atoms with Crippen LogP contribution in [0.25, 0.3) is 0 Å². The second kappa shape index (κ2) is 6.32. The summed E-state index contributed by atoms with van der Waals surface area (Å²) in [6.45, 7) is 2.64. The zero-order valence-electron chi connectivity index (χ0n) is 10.5. The molecule has 0 unspecified atom stereocenters. The summed E-state index contributed by atoms with van der Waals surface area (Å²) >= 11 is 0. The van der Waals surface area contributed by atoms with Gasteiger partial charge in [-0.05, 0) is 13.0 Å². The molecule has 0 saturated carbocycles. The van der Waals surface area contributed by atoms with Crippen molar-refractivity contribution in [2.75, 3.05) is 20.3 Å². The third kappa shape index (κ3) is 4.84. The summed E-state index contributed by atoms with van der Waals surface area (Å²) in [7, 11) is 3.21.